The number of piperidine rings is 1. The molecule has 1 saturated heterocycles. The van der Waals surface area contributed by atoms with E-state index >= 15 is 0 Å². The molecule has 122 valence electrons. The molecule has 0 aromatic heterocycles. The Bertz CT molecular complexity index is 587. The molecule has 2 N–H and O–H groups in total. The zero-order valence-corrected chi connectivity index (χ0v) is 13.7. The molecule has 3 nitrogen and oxygen atoms in total. The molecule has 1 fully saturated rings. The molecule has 0 amide bonds. The van der Waals surface area contributed by atoms with Gasteiger partial charge in [-0.1, -0.05) is 55.5 Å². The predicted molar refractivity (Wildman–Crippen MR) is 95.5 cm³/mol. The fourth-order valence-corrected chi connectivity index (χ4v) is 3.39. The fourth-order valence-electron chi connectivity index (χ4n) is 3.39. The van der Waals surface area contributed by atoms with Gasteiger partial charge in [-0.3, -0.25) is 4.90 Å². The van der Waals surface area contributed by atoms with Crippen LogP contribution in [0.15, 0.2) is 60.7 Å². The molecule has 3 heteroatoms. The van der Waals surface area contributed by atoms with Crippen LogP contribution in [0, 0.1) is 5.92 Å². The molecule has 1 aliphatic heterocycles. The molecule has 0 saturated carbocycles. The molecule has 0 unspecified atom stereocenters. The third kappa shape index (κ3) is 4.34. The molecule has 3 rings (SSSR count). The normalized spacial score (nSPS) is 23.4. The molecule has 2 aromatic rings. The zero-order chi connectivity index (χ0) is 16.1. The van der Waals surface area contributed by atoms with Gasteiger partial charge in [0.15, 0.2) is 0 Å². The highest BCUT2D eigenvalue weighted by Crippen LogP contribution is 2.23. The smallest absolute Gasteiger partial charge is 0.0916 e. The second kappa shape index (κ2) is 7.62. The summed E-state index contributed by atoms with van der Waals surface area (Å²) in [5.74, 6) is 0.562. The molecule has 2 aromatic carbocycles. The van der Waals surface area contributed by atoms with Gasteiger partial charge in [-0.15, -0.1) is 0 Å². The summed E-state index contributed by atoms with van der Waals surface area (Å²) in [6.45, 7) is 5.06. The SMILES string of the molecule is C[C@@H]1CN(C[C@H](O)c2ccccc2)CC[C@@H]1Nc1ccccc1. The summed E-state index contributed by atoms with van der Waals surface area (Å²) >= 11 is 0. The third-order valence-electron chi connectivity index (χ3n) is 4.73. The van der Waals surface area contributed by atoms with E-state index in [1.54, 1.807) is 0 Å². The Morgan fingerprint density at radius 2 is 1.74 bits per heavy atom. The summed E-state index contributed by atoms with van der Waals surface area (Å²) in [7, 11) is 0. The van der Waals surface area contributed by atoms with E-state index in [0.717, 1.165) is 25.1 Å². The van der Waals surface area contributed by atoms with E-state index in [-0.39, 0.29) is 0 Å². The van der Waals surface area contributed by atoms with Crippen LogP contribution in [0.5, 0.6) is 0 Å². The summed E-state index contributed by atoms with van der Waals surface area (Å²) in [5.41, 5.74) is 2.20. The Balaban J connectivity index is 1.52. The monoisotopic (exact) mass is 310 g/mol. The van der Waals surface area contributed by atoms with Gasteiger partial charge in [0.1, 0.15) is 0 Å². The number of para-hydroxylation sites is 1. The van der Waals surface area contributed by atoms with Crippen molar-refractivity contribution in [1.29, 1.82) is 0 Å². The molecule has 0 bridgehead atoms. The van der Waals surface area contributed by atoms with E-state index < -0.39 is 6.10 Å². The van der Waals surface area contributed by atoms with Crippen LogP contribution >= 0.6 is 0 Å². The Kier molecular flexibility index (Phi) is 5.31. The first kappa shape index (κ1) is 16.0. The Morgan fingerprint density at radius 1 is 1.09 bits per heavy atom. The number of benzene rings is 2. The lowest BCUT2D eigenvalue weighted by Crippen LogP contribution is -2.46. The van der Waals surface area contributed by atoms with Crippen LogP contribution in [0.1, 0.15) is 25.0 Å². The first-order chi connectivity index (χ1) is 11.2. The maximum atomic E-state index is 10.4. The van der Waals surface area contributed by atoms with Crippen molar-refractivity contribution in [3.8, 4) is 0 Å². The minimum absolute atomic E-state index is 0.401. The van der Waals surface area contributed by atoms with E-state index in [9.17, 15) is 5.11 Å². The summed E-state index contributed by atoms with van der Waals surface area (Å²) in [6.07, 6.45) is 0.708. The molecule has 0 radical (unpaired) electrons. The highest BCUT2D eigenvalue weighted by Gasteiger charge is 2.27. The van der Waals surface area contributed by atoms with E-state index in [1.807, 2.05) is 36.4 Å². The lowest BCUT2D eigenvalue weighted by Gasteiger charge is -2.38. The second-order valence-electron chi connectivity index (χ2n) is 6.57. The minimum atomic E-state index is -0.401. The van der Waals surface area contributed by atoms with Crippen LogP contribution in [0.3, 0.4) is 0 Å². The number of nitrogens with one attached hydrogen (secondary N) is 1. The van der Waals surface area contributed by atoms with E-state index in [1.165, 1.54) is 5.69 Å². The number of anilines is 1. The average molecular weight is 310 g/mol. The van der Waals surface area contributed by atoms with Crippen LogP contribution in [0.2, 0.25) is 0 Å². The number of rotatable bonds is 5. The van der Waals surface area contributed by atoms with Crippen molar-refractivity contribution in [2.24, 2.45) is 5.92 Å². The number of aliphatic hydroxyl groups excluding tert-OH is 1. The zero-order valence-electron chi connectivity index (χ0n) is 13.7. The van der Waals surface area contributed by atoms with Gasteiger partial charge in [-0.05, 0) is 30.0 Å². The van der Waals surface area contributed by atoms with Crippen molar-refractivity contribution in [1.82, 2.24) is 4.90 Å². The van der Waals surface area contributed by atoms with Crippen LogP contribution in [-0.4, -0.2) is 35.7 Å². The van der Waals surface area contributed by atoms with Crippen molar-refractivity contribution in [2.45, 2.75) is 25.5 Å². The molecule has 23 heavy (non-hydrogen) atoms. The molecule has 1 aliphatic rings. The number of hydrogen-bond acceptors (Lipinski definition) is 3. The largest absolute Gasteiger partial charge is 0.387 e. The summed E-state index contributed by atoms with van der Waals surface area (Å²) in [5, 5.41) is 14.0. The van der Waals surface area contributed by atoms with Crippen molar-refractivity contribution in [3.05, 3.63) is 66.2 Å². The van der Waals surface area contributed by atoms with Gasteiger partial charge in [0.25, 0.3) is 0 Å². The average Bonchev–Trinajstić information content (AvgIpc) is 2.59. The second-order valence-corrected chi connectivity index (χ2v) is 6.57. The highest BCUT2D eigenvalue weighted by molar-refractivity contribution is 5.43. The van der Waals surface area contributed by atoms with E-state index in [0.29, 0.717) is 18.5 Å². The van der Waals surface area contributed by atoms with Gasteiger partial charge in [0.2, 0.25) is 0 Å². The first-order valence-corrected chi connectivity index (χ1v) is 8.49. The summed E-state index contributed by atoms with van der Waals surface area (Å²) in [4.78, 5) is 2.38. The Hall–Kier alpha value is -1.84. The molecular formula is C20H26N2O. The maximum absolute atomic E-state index is 10.4. The summed E-state index contributed by atoms with van der Waals surface area (Å²) in [6, 6.07) is 20.9. The lowest BCUT2D eigenvalue weighted by molar-refractivity contribution is 0.0837. The Labute approximate surface area is 139 Å². The van der Waals surface area contributed by atoms with Crippen molar-refractivity contribution >= 4 is 5.69 Å². The van der Waals surface area contributed by atoms with Gasteiger partial charge < -0.3 is 10.4 Å². The van der Waals surface area contributed by atoms with Crippen LogP contribution in [0.4, 0.5) is 5.69 Å². The first-order valence-electron chi connectivity index (χ1n) is 8.49. The van der Waals surface area contributed by atoms with Crippen LogP contribution in [-0.2, 0) is 0 Å². The van der Waals surface area contributed by atoms with Crippen molar-refractivity contribution < 1.29 is 5.11 Å². The molecule has 0 aliphatic carbocycles. The molecule has 1 heterocycles. The van der Waals surface area contributed by atoms with Gasteiger partial charge in [0, 0.05) is 31.4 Å². The quantitative estimate of drug-likeness (QED) is 0.886. The van der Waals surface area contributed by atoms with Crippen molar-refractivity contribution in [2.75, 3.05) is 25.0 Å². The van der Waals surface area contributed by atoms with Gasteiger partial charge in [-0.2, -0.15) is 0 Å². The standard InChI is InChI=1S/C20H26N2O/c1-16-14-22(15-20(23)17-8-4-2-5-9-17)13-12-19(16)21-18-10-6-3-7-11-18/h2-11,16,19-21,23H,12-15H2,1H3/t16-,19+,20+/m1/s1. The van der Waals surface area contributed by atoms with E-state index in [2.05, 4.69) is 41.4 Å². The maximum Gasteiger partial charge on any atom is 0.0916 e. The van der Waals surface area contributed by atoms with Gasteiger partial charge >= 0.3 is 0 Å². The van der Waals surface area contributed by atoms with Crippen molar-refractivity contribution in [3.63, 3.8) is 0 Å². The highest BCUT2D eigenvalue weighted by atomic mass is 16.3. The topological polar surface area (TPSA) is 35.5 Å². The number of β-amino-alcohol motifs (C(OH)–C–C–N with tert-alkyl or cyclic N) is 1. The van der Waals surface area contributed by atoms with Gasteiger partial charge in [0.05, 0.1) is 6.10 Å². The van der Waals surface area contributed by atoms with Crippen LogP contribution in [0.25, 0.3) is 0 Å². The van der Waals surface area contributed by atoms with E-state index in [4.69, 9.17) is 0 Å². The minimum Gasteiger partial charge on any atom is -0.387 e. The summed E-state index contributed by atoms with van der Waals surface area (Å²) < 4.78 is 0. The predicted octanol–water partition coefficient (Wildman–Crippen LogP) is 3.54. The number of likely N-dealkylation sites (tertiary alicyclic amines) is 1. The third-order valence-corrected chi connectivity index (χ3v) is 4.73. The number of nitrogens with zero attached hydrogens (tertiary/aromatic N) is 1. The van der Waals surface area contributed by atoms with Gasteiger partial charge in [-0.25, -0.2) is 0 Å². The number of aliphatic hydroxyl groups is 1. The molecular weight excluding hydrogens is 284 g/mol. The van der Waals surface area contributed by atoms with Crippen LogP contribution < -0.4 is 5.32 Å². The molecule has 3 atom stereocenters. The Morgan fingerprint density at radius 3 is 2.39 bits per heavy atom. The number of hydrogen-bond donors (Lipinski definition) is 2. The lowest BCUT2D eigenvalue weighted by atomic mass is 9.93. The fraction of sp³-hybridized carbons (Fsp3) is 0.400. The molecule has 0 spiro atoms.